The van der Waals surface area contributed by atoms with Crippen molar-refractivity contribution in [2.24, 2.45) is 0 Å². The topological polar surface area (TPSA) is 21.3 Å². The Morgan fingerprint density at radius 1 is 1.06 bits per heavy atom. The van der Waals surface area contributed by atoms with Gasteiger partial charge in [-0.2, -0.15) is 0 Å². The Balaban J connectivity index is 2.03. The minimum absolute atomic E-state index is 0.565. The first-order valence-electron chi connectivity index (χ1n) is 4.72. The highest BCUT2D eigenvalue weighted by Crippen LogP contribution is 2.25. The van der Waals surface area contributed by atoms with Gasteiger partial charge < -0.3 is 4.84 Å². The Labute approximate surface area is 105 Å². The predicted molar refractivity (Wildman–Crippen MR) is 69.4 cm³/mol. The molecule has 2 nitrogen and oxygen atoms in total. The van der Waals surface area contributed by atoms with Crippen molar-refractivity contribution in [3.05, 3.63) is 53.6 Å². The van der Waals surface area contributed by atoms with Crippen molar-refractivity contribution >= 4 is 29.9 Å². The molecule has 0 atom stereocenters. The maximum atomic E-state index is 5.91. The average molecular weight is 252 g/mol. The third-order valence-electron chi connectivity index (χ3n) is 1.98. The molecular formula is C12H10ClNOS. The Kier molecular flexibility index (Phi) is 3.59. The van der Waals surface area contributed by atoms with E-state index in [1.807, 2.05) is 30.3 Å². The number of anilines is 1. The van der Waals surface area contributed by atoms with Gasteiger partial charge in [0.2, 0.25) is 0 Å². The average Bonchev–Trinajstić information content (AvgIpc) is 2.32. The van der Waals surface area contributed by atoms with E-state index in [1.54, 1.807) is 18.2 Å². The Hall–Kier alpha value is -1.32. The summed E-state index contributed by atoms with van der Waals surface area (Å²) in [5.74, 6) is 0.645. The minimum Gasteiger partial charge on any atom is -0.382 e. The maximum absolute atomic E-state index is 5.91. The van der Waals surface area contributed by atoms with Gasteiger partial charge in [0.05, 0.1) is 10.7 Å². The van der Waals surface area contributed by atoms with Crippen LogP contribution < -0.4 is 10.3 Å². The van der Waals surface area contributed by atoms with Crippen molar-refractivity contribution in [3.8, 4) is 5.75 Å². The van der Waals surface area contributed by atoms with Crippen molar-refractivity contribution in [1.29, 1.82) is 0 Å². The second-order valence-electron chi connectivity index (χ2n) is 3.18. The van der Waals surface area contributed by atoms with Crippen LogP contribution in [0.2, 0.25) is 5.02 Å². The van der Waals surface area contributed by atoms with Crippen LogP contribution in [0.4, 0.5) is 5.69 Å². The van der Waals surface area contributed by atoms with Crippen molar-refractivity contribution in [2.45, 2.75) is 4.90 Å². The molecule has 0 fully saturated rings. The number of hydrogen-bond acceptors (Lipinski definition) is 3. The van der Waals surface area contributed by atoms with E-state index in [-0.39, 0.29) is 0 Å². The van der Waals surface area contributed by atoms with Gasteiger partial charge in [0.25, 0.3) is 0 Å². The second kappa shape index (κ2) is 5.14. The lowest BCUT2D eigenvalue weighted by Gasteiger charge is -2.08. The molecule has 2 rings (SSSR count). The van der Waals surface area contributed by atoms with E-state index in [0.717, 1.165) is 10.6 Å². The second-order valence-corrected chi connectivity index (χ2v) is 4.07. The zero-order valence-corrected chi connectivity index (χ0v) is 10.0. The lowest BCUT2D eigenvalue weighted by molar-refractivity contribution is 0.405. The van der Waals surface area contributed by atoms with E-state index < -0.39 is 0 Å². The SMILES string of the molecule is Sc1ccc(ONc2ccccc2)cc1Cl. The molecule has 0 aliphatic heterocycles. The van der Waals surface area contributed by atoms with Crippen LogP contribution in [0.5, 0.6) is 5.75 Å². The molecule has 0 spiro atoms. The van der Waals surface area contributed by atoms with E-state index in [1.165, 1.54) is 0 Å². The van der Waals surface area contributed by atoms with Gasteiger partial charge in [-0.1, -0.05) is 29.8 Å². The van der Waals surface area contributed by atoms with Crippen LogP contribution in [-0.4, -0.2) is 0 Å². The van der Waals surface area contributed by atoms with Gasteiger partial charge in [-0.05, 0) is 24.3 Å². The molecule has 0 saturated carbocycles. The first kappa shape index (κ1) is 11.2. The van der Waals surface area contributed by atoms with E-state index in [0.29, 0.717) is 10.8 Å². The molecule has 16 heavy (non-hydrogen) atoms. The van der Waals surface area contributed by atoms with Crippen molar-refractivity contribution in [1.82, 2.24) is 0 Å². The smallest absolute Gasteiger partial charge is 0.156 e. The van der Waals surface area contributed by atoms with Gasteiger partial charge in [0.15, 0.2) is 5.75 Å². The monoisotopic (exact) mass is 251 g/mol. The van der Waals surface area contributed by atoms with E-state index in [2.05, 4.69) is 18.1 Å². The van der Waals surface area contributed by atoms with Crippen LogP contribution >= 0.6 is 24.2 Å². The van der Waals surface area contributed by atoms with Gasteiger partial charge >= 0.3 is 0 Å². The molecular weight excluding hydrogens is 242 g/mol. The lowest BCUT2D eigenvalue weighted by Crippen LogP contribution is -2.04. The van der Waals surface area contributed by atoms with Gasteiger partial charge in [-0.15, -0.1) is 12.6 Å². The van der Waals surface area contributed by atoms with Crippen molar-refractivity contribution in [3.63, 3.8) is 0 Å². The summed E-state index contributed by atoms with van der Waals surface area (Å²) in [7, 11) is 0. The summed E-state index contributed by atoms with van der Waals surface area (Å²) in [5, 5.41) is 0.565. The maximum Gasteiger partial charge on any atom is 0.156 e. The highest BCUT2D eigenvalue weighted by molar-refractivity contribution is 7.80. The van der Waals surface area contributed by atoms with Gasteiger partial charge in [0, 0.05) is 11.0 Å². The standard InChI is InChI=1S/C12H10ClNOS/c13-11-8-10(6-7-12(11)16)15-14-9-4-2-1-3-5-9/h1-8,14,16H. The van der Waals surface area contributed by atoms with Crippen LogP contribution in [-0.2, 0) is 0 Å². The molecule has 4 heteroatoms. The first-order chi connectivity index (χ1) is 7.75. The predicted octanol–water partition coefficient (Wildman–Crippen LogP) is 4.03. The molecule has 0 saturated heterocycles. The normalized spacial score (nSPS) is 9.88. The molecule has 2 aromatic carbocycles. The molecule has 1 N–H and O–H groups in total. The molecule has 0 aromatic heterocycles. The third kappa shape index (κ3) is 2.84. The molecule has 0 unspecified atom stereocenters. The zero-order chi connectivity index (χ0) is 11.4. The Morgan fingerprint density at radius 3 is 2.50 bits per heavy atom. The first-order valence-corrected chi connectivity index (χ1v) is 5.54. The van der Waals surface area contributed by atoms with Crippen molar-refractivity contribution < 1.29 is 4.84 Å². The molecule has 0 amide bonds. The number of halogens is 1. The summed E-state index contributed by atoms with van der Waals surface area (Å²) in [4.78, 5) is 6.09. The largest absolute Gasteiger partial charge is 0.382 e. The summed E-state index contributed by atoms with van der Waals surface area (Å²) in [6.07, 6.45) is 0. The molecule has 0 aliphatic carbocycles. The summed E-state index contributed by atoms with van der Waals surface area (Å²) in [6.45, 7) is 0. The molecule has 0 aliphatic rings. The fraction of sp³-hybridized carbons (Fsp3) is 0. The Morgan fingerprint density at radius 2 is 1.81 bits per heavy atom. The lowest BCUT2D eigenvalue weighted by atomic mass is 10.3. The Bertz CT molecular complexity index is 476. The summed E-state index contributed by atoms with van der Waals surface area (Å²) < 4.78 is 0. The molecule has 2 aromatic rings. The van der Waals surface area contributed by atoms with Crippen molar-refractivity contribution in [2.75, 3.05) is 5.48 Å². The van der Waals surface area contributed by atoms with Crippen LogP contribution in [0, 0.1) is 0 Å². The molecule has 0 bridgehead atoms. The highest BCUT2D eigenvalue weighted by atomic mass is 35.5. The molecule has 82 valence electrons. The van der Waals surface area contributed by atoms with Crippen LogP contribution in [0.25, 0.3) is 0 Å². The fourth-order valence-electron chi connectivity index (χ4n) is 1.18. The summed E-state index contributed by atoms with van der Waals surface area (Å²) >= 11 is 10.1. The number of rotatable bonds is 3. The number of para-hydroxylation sites is 1. The number of thiol groups is 1. The van der Waals surface area contributed by atoms with Gasteiger partial charge in [0.1, 0.15) is 0 Å². The number of nitrogens with one attached hydrogen (secondary N) is 1. The van der Waals surface area contributed by atoms with Gasteiger partial charge in [-0.3, -0.25) is 0 Å². The van der Waals surface area contributed by atoms with Crippen LogP contribution in [0.3, 0.4) is 0 Å². The summed E-state index contributed by atoms with van der Waals surface area (Å²) in [5.41, 5.74) is 3.71. The molecule has 0 heterocycles. The van der Waals surface area contributed by atoms with E-state index in [9.17, 15) is 0 Å². The molecule has 0 radical (unpaired) electrons. The van der Waals surface area contributed by atoms with Crippen LogP contribution in [0.15, 0.2) is 53.4 Å². The highest BCUT2D eigenvalue weighted by Gasteiger charge is 1.99. The third-order valence-corrected chi connectivity index (χ3v) is 2.81. The zero-order valence-electron chi connectivity index (χ0n) is 8.35. The van der Waals surface area contributed by atoms with E-state index in [4.69, 9.17) is 16.4 Å². The number of benzene rings is 2. The fourth-order valence-corrected chi connectivity index (χ4v) is 1.48. The van der Waals surface area contributed by atoms with E-state index >= 15 is 0 Å². The number of hydrogen-bond donors (Lipinski definition) is 2. The quantitative estimate of drug-likeness (QED) is 0.635. The summed E-state index contributed by atoms with van der Waals surface area (Å²) in [6, 6.07) is 14.9. The van der Waals surface area contributed by atoms with Crippen LogP contribution in [0.1, 0.15) is 0 Å². The van der Waals surface area contributed by atoms with Gasteiger partial charge in [-0.25, -0.2) is 5.48 Å². The minimum atomic E-state index is 0.565.